The number of carbonyl (C=O) groups excluding carboxylic acids is 3. The maximum atomic E-state index is 12.8. The first-order valence-corrected chi connectivity index (χ1v) is 8.71. The van der Waals surface area contributed by atoms with Gasteiger partial charge in [0.1, 0.15) is 11.6 Å². The van der Waals surface area contributed by atoms with Crippen LogP contribution < -0.4 is 5.32 Å². The molecule has 120 valence electrons. The van der Waals surface area contributed by atoms with Crippen molar-refractivity contribution in [3.63, 3.8) is 0 Å². The van der Waals surface area contributed by atoms with Gasteiger partial charge in [-0.15, -0.1) is 0 Å². The Kier molecular flexibility index (Phi) is 2.90. The van der Waals surface area contributed by atoms with E-state index < -0.39 is 0 Å². The van der Waals surface area contributed by atoms with E-state index in [1.807, 2.05) is 0 Å². The number of fused-ring (bicyclic) bond motifs is 5. The molecule has 0 aromatic carbocycles. The molecule has 1 saturated heterocycles. The molecule has 6 atom stereocenters. The molecule has 1 amide bonds. The number of hydrogen-bond donors (Lipinski definition) is 1. The molecular weight excluding hydrogens is 278 g/mol. The molecule has 4 heteroatoms. The molecule has 1 unspecified atom stereocenters. The zero-order valence-corrected chi connectivity index (χ0v) is 13.5. The summed E-state index contributed by atoms with van der Waals surface area (Å²) < 4.78 is 0. The van der Waals surface area contributed by atoms with Crippen LogP contribution >= 0.6 is 0 Å². The van der Waals surface area contributed by atoms with Gasteiger partial charge in [-0.25, -0.2) is 0 Å². The average Bonchev–Trinajstić information content (AvgIpc) is 2.77. The molecule has 0 radical (unpaired) electrons. The standard InChI is InChI=1S/C18H25NO3/c1-17-7-5-10(20)9-13(17)19-16(22)15-11-3-4-14(21)18(11,2)8-6-12(15)17/h11-13,15H,3-9H2,1-2H3,(H,19,22)/t11-,12+,13?,15-,17+,18-/m0/s1. The number of Topliss-reactive ketones (excluding diaryl/α,β-unsaturated/α-hetero) is 2. The summed E-state index contributed by atoms with van der Waals surface area (Å²) in [7, 11) is 0. The van der Waals surface area contributed by atoms with Gasteiger partial charge in [0, 0.05) is 36.6 Å². The van der Waals surface area contributed by atoms with E-state index in [1.165, 1.54) is 0 Å². The highest BCUT2D eigenvalue weighted by Gasteiger charge is 2.63. The molecule has 4 nitrogen and oxygen atoms in total. The van der Waals surface area contributed by atoms with Crippen molar-refractivity contribution in [2.75, 3.05) is 0 Å². The molecule has 1 aliphatic heterocycles. The van der Waals surface area contributed by atoms with E-state index in [2.05, 4.69) is 19.2 Å². The summed E-state index contributed by atoms with van der Waals surface area (Å²) in [6.07, 6.45) is 5.40. The van der Waals surface area contributed by atoms with Gasteiger partial charge < -0.3 is 5.32 Å². The highest BCUT2D eigenvalue weighted by molar-refractivity contribution is 5.90. The summed E-state index contributed by atoms with van der Waals surface area (Å²) in [5, 5.41) is 3.16. The van der Waals surface area contributed by atoms with E-state index in [0.717, 1.165) is 25.7 Å². The third-order valence-corrected chi connectivity index (χ3v) is 7.62. The highest BCUT2D eigenvalue weighted by atomic mass is 16.2. The van der Waals surface area contributed by atoms with Crippen LogP contribution in [0.1, 0.15) is 58.8 Å². The fourth-order valence-electron chi connectivity index (χ4n) is 6.09. The smallest absolute Gasteiger partial charge is 0.223 e. The minimum atomic E-state index is -0.286. The minimum absolute atomic E-state index is 0.00367. The Morgan fingerprint density at radius 1 is 1.00 bits per heavy atom. The second-order valence-electron chi connectivity index (χ2n) is 8.47. The summed E-state index contributed by atoms with van der Waals surface area (Å²) in [6, 6.07) is 0.00367. The summed E-state index contributed by atoms with van der Waals surface area (Å²) in [4.78, 5) is 36.9. The van der Waals surface area contributed by atoms with Crippen LogP contribution in [0.15, 0.2) is 0 Å². The molecule has 4 aliphatic rings. The third-order valence-electron chi connectivity index (χ3n) is 7.62. The Labute approximate surface area is 131 Å². The fraction of sp³-hybridized carbons (Fsp3) is 0.833. The molecule has 3 saturated carbocycles. The maximum absolute atomic E-state index is 12.8. The van der Waals surface area contributed by atoms with Gasteiger partial charge in [-0.1, -0.05) is 13.8 Å². The number of amides is 1. The van der Waals surface area contributed by atoms with Gasteiger partial charge in [-0.2, -0.15) is 0 Å². The van der Waals surface area contributed by atoms with Gasteiger partial charge in [0.2, 0.25) is 5.91 Å². The van der Waals surface area contributed by atoms with Crippen molar-refractivity contribution in [1.82, 2.24) is 5.32 Å². The molecule has 0 aromatic heterocycles. The van der Waals surface area contributed by atoms with Crippen LogP contribution in [0.2, 0.25) is 0 Å². The largest absolute Gasteiger partial charge is 0.352 e. The van der Waals surface area contributed by atoms with Gasteiger partial charge >= 0.3 is 0 Å². The lowest BCUT2D eigenvalue weighted by atomic mass is 9.49. The van der Waals surface area contributed by atoms with E-state index in [-0.39, 0.29) is 40.4 Å². The van der Waals surface area contributed by atoms with Crippen LogP contribution in [-0.2, 0) is 14.4 Å². The number of nitrogens with one attached hydrogen (secondary N) is 1. The lowest BCUT2D eigenvalue weighted by Crippen LogP contribution is -2.65. The maximum Gasteiger partial charge on any atom is 0.223 e. The molecule has 0 spiro atoms. The number of piperidine rings is 1. The fourth-order valence-corrected chi connectivity index (χ4v) is 6.09. The predicted octanol–water partition coefficient (Wildman–Crippen LogP) is 2.26. The molecule has 1 N–H and O–H groups in total. The molecule has 3 aliphatic carbocycles. The normalized spacial score (nSPS) is 50.9. The van der Waals surface area contributed by atoms with Gasteiger partial charge in [0.25, 0.3) is 0 Å². The number of ketones is 2. The minimum Gasteiger partial charge on any atom is -0.352 e. The second-order valence-corrected chi connectivity index (χ2v) is 8.47. The summed E-state index contributed by atoms with van der Waals surface area (Å²) >= 11 is 0. The number of carbonyl (C=O) groups is 3. The van der Waals surface area contributed by atoms with Crippen LogP contribution in [-0.4, -0.2) is 23.5 Å². The van der Waals surface area contributed by atoms with Crippen molar-refractivity contribution in [3.05, 3.63) is 0 Å². The lowest BCUT2D eigenvalue weighted by molar-refractivity contribution is -0.157. The Morgan fingerprint density at radius 2 is 1.77 bits per heavy atom. The van der Waals surface area contributed by atoms with Crippen LogP contribution in [0.3, 0.4) is 0 Å². The van der Waals surface area contributed by atoms with Crippen LogP contribution in [0, 0.1) is 28.6 Å². The first-order valence-electron chi connectivity index (χ1n) is 8.71. The Hall–Kier alpha value is -1.19. The van der Waals surface area contributed by atoms with Crippen molar-refractivity contribution in [2.45, 2.75) is 64.8 Å². The van der Waals surface area contributed by atoms with Crippen molar-refractivity contribution < 1.29 is 14.4 Å². The summed E-state index contributed by atoms with van der Waals surface area (Å²) in [5.41, 5.74) is -0.258. The van der Waals surface area contributed by atoms with Crippen LogP contribution in [0.4, 0.5) is 0 Å². The van der Waals surface area contributed by atoms with E-state index in [9.17, 15) is 14.4 Å². The number of rotatable bonds is 0. The predicted molar refractivity (Wildman–Crippen MR) is 80.9 cm³/mol. The van der Waals surface area contributed by atoms with Gasteiger partial charge in [-0.05, 0) is 42.9 Å². The topological polar surface area (TPSA) is 63.2 Å². The molecule has 22 heavy (non-hydrogen) atoms. The second kappa shape index (κ2) is 4.42. The monoisotopic (exact) mass is 303 g/mol. The third kappa shape index (κ3) is 1.67. The molecule has 4 rings (SSSR count). The molecule has 1 heterocycles. The summed E-state index contributed by atoms with van der Waals surface area (Å²) in [5.74, 6) is 1.25. The van der Waals surface area contributed by atoms with E-state index >= 15 is 0 Å². The first kappa shape index (κ1) is 14.4. The average molecular weight is 303 g/mol. The van der Waals surface area contributed by atoms with Crippen LogP contribution in [0.25, 0.3) is 0 Å². The van der Waals surface area contributed by atoms with Crippen molar-refractivity contribution in [1.29, 1.82) is 0 Å². The van der Waals surface area contributed by atoms with E-state index in [1.54, 1.807) is 0 Å². The van der Waals surface area contributed by atoms with Crippen molar-refractivity contribution in [3.8, 4) is 0 Å². The lowest BCUT2D eigenvalue weighted by Gasteiger charge is -2.58. The molecular formula is C18H25NO3. The number of hydrogen-bond acceptors (Lipinski definition) is 3. The quantitative estimate of drug-likeness (QED) is 0.746. The SMILES string of the molecule is C[C@]12CCC(=O)CC1NC(=O)[C@@H]1[C@H]2CC[C@]2(C)C(=O)CC[C@@H]12. The zero-order chi connectivity index (χ0) is 15.7. The Morgan fingerprint density at radius 3 is 2.55 bits per heavy atom. The Bertz CT molecular complexity index is 571. The van der Waals surface area contributed by atoms with Gasteiger partial charge in [0.15, 0.2) is 0 Å². The van der Waals surface area contributed by atoms with Gasteiger partial charge in [0.05, 0.1) is 0 Å². The molecule has 4 fully saturated rings. The Balaban J connectivity index is 1.72. The summed E-state index contributed by atoms with van der Waals surface area (Å²) in [6.45, 7) is 4.34. The zero-order valence-electron chi connectivity index (χ0n) is 13.5. The first-order chi connectivity index (χ1) is 10.4. The van der Waals surface area contributed by atoms with E-state index in [0.29, 0.717) is 31.0 Å². The van der Waals surface area contributed by atoms with E-state index in [4.69, 9.17) is 0 Å². The molecule has 0 bridgehead atoms. The molecule has 0 aromatic rings. The van der Waals surface area contributed by atoms with Crippen LogP contribution in [0.5, 0.6) is 0 Å². The van der Waals surface area contributed by atoms with Crippen molar-refractivity contribution in [2.24, 2.45) is 28.6 Å². The van der Waals surface area contributed by atoms with Crippen molar-refractivity contribution >= 4 is 17.5 Å². The van der Waals surface area contributed by atoms with Gasteiger partial charge in [-0.3, -0.25) is 14.4 Å². The highest BCUT2D eigenvalue weighted by Crippen LogP contribution is 2.61.